The first-order valence-corrected chi connectivity index (χ1v) is 8.39. The summed E-state index contributed by atoms with van der Waals surface area (Å²) in [7, 11) is 3.79. The minimum absolute atomic E-state index is 0.509. The molecule has 0 aliphatic heterocycles. The fraction of sp³-hybridized carbons (Fsp3) is 0.278. The van der Waals surface area contributed by atoms with Crippen molar-refractivity contribution in [3.63, 3.8) is 0 Å². The summed E-state index contributed by atoms with van der Waals surface area (Å²) in [4.78, 5) is 9.02. The fourth-order valence-corrected chi connectivity index (χ4v) is 2.79. The Kier molecular flexibility index (Phi) is 4.67. The van der Waals surface area contributed by atoms with Gasteiger partial charge in [0, 0.05) is 32.3 Å². The number of benzene rings is 1. The average Bonchev–Trinajstić information content (AvgIpc) is 3.26. The first-order valence-electron chi connectivity index (χ1n) is 8.39. The molecule has 3 N–H and O–H groups in total. The molecular weight excluding hydrogens is 314 g/mol. The molecule has 0 radical (unpaired) electrons. The van der Waals surface area contributed by atoms with Gasteiger partial charge in [0.25, 0.3) is 0 Å². The number of nitrogens with zero attached hydrogens (tertiary/aromatic N) is 5. The van der Waals surface area contributed by atoms with Crippen LogP contribution in [0.25, 0.3) is 28.1 Å². The van der Waals surface area contributed by atoms with Crippen LogP contribution in [0.1, 0.15) is 19.4 Å². The molecule has 7 heteroatoms. The normalized spacial score (nSPS) is 10.8. The van der Waals surface area contributed by atoms with Crippen molar-refractivity contribution in [1.82, 2.24) is 24.1 Å². The average molecular weight is 337 g/mol. The van der Waals surface area contributed by atoms with Crippen LogP contribution in [0.2, 0.25) is 0 Å². The van der Waals surface area contributed by atoms with E-state index in [2.05, 4.69) is 21.4 Å². The number of hydrogen-bond acceptors (Lipinski definition) is 5. The van der Waals surface area contributed by atoms with Gasteiger partial charge in [0.2, 0.25) is 0 Å². The van der Waals surface area contributed by atoms with Crippen molar-refractivity contribution in [2.24, 2.45) is 12.8 Å². The zero-order valence-corrected chi connectivity index (χ0v) is 15.0. The monoisotopic (exact) mass is 337 g/mol. The zero-order chi connectivity index (χ0) is 18.0. The molecule has 0 aliphatic rings. The lowest BCUT2D eigenvalue weighted by molar-refractivity contribution is 0.876. The minimum atomic E-state index is 0.509. The van der Waals surface area contributed by atoms with Crippen molar-refractivity contribution < 1.29 is 0 Å². The predicted octanol–water partition coefficient (Wildman–Crippen LogP) is 2.81. The summed E-state index contributed by atoms with van der Waals surface area (Å²) in [6.07, 6.45) is 1.77. The minimum Gasteiger partial charge on any atom is -0.371 e. The number of anilines is 1. The summed E-state index contributed by atoms with van der Waals surface area (Å²) in [5.74, 6) is 0.746. The second-order valence-electron chi connectivity index (χ2n) is 5.44. The summed E-state index contributed by atoms with van der Waals surface area (Å²) in [6.45, 7) is 4.51. The SMILES string of the molecule is CC.CNc1nc2cc(-c3cccc(CN)c3)nn2c2c1ncn2C. The van der Waals surface area contributed by atoms with Crippen molar-refractivity contribution in [2.75, 3.05) is 12.4 Å². The fourth-order valence-electron chi connectivity index (χ4n) is 2.79. The van der Waals surface area contributed by atoms with Crippen molar-refractivity contribution in [2.45, 2.75) is 20.4 Å². The van der Waals surface area contributed by atoms with Gasteiger partial charge in [-0.1, -0.05) is 32.0 Å². The van der Waals surface area contributed by atoms with Crippen LogP contribution in [0.5, 0.6) is 0 Å². The highest BCUT2D eigenvalue weighted by molar-refractivity contribution is 5.86. The van der Waals surface area contributed by atoms with Crippen LogP contribution in [0, 0.1) is 0 Å². The van der Waals surface area contributed by atoms with E-state index in [1.54, 1.807) is 6.33 Å². The summed E-state index contributed by atoms with van der Waals surface area (Å²) in [5, 5.41) is 7.82. The quantitative estimate of drug-likeness (QED) is 0.600. The van der Waals surface area contributed by atoms with Crippen molar-refractivity contribution in [3.05, 3.63) is 42.2 Å². The Bertz CT molecular complexity index is 1010. The van der Waals surface area contributed by atoms with Gasteiger partial charge < -0.3 is 15.6 Å². The number of nitrogens with two attached hydrogens (primary N) is 1. The highest BCUT2D eigenvalue weighted by Crippen LogP contribution is 2.25. The second kappa shape index (κ2) is 6.90. The third kappa shape index (κ3) is 2.83. The molecule has 0 saturated heterocycles. The molecule has 4 rings (SSSR count). The van der Waals surface area contributed by atoms with E-state index >= 15 is 0 Å². The van der Waals surface area contributed by atoms with Gasteiger partial charge >= 0.3 is 0 Å². The molecule has 25 heavy (non-hydrogen) atoms. The van der Waals surface area contributed by atoms with Crippen molar-refractivity contribution in [3.8, 4) is 11.3 Å². The number of aromatic nitrogens is 5. The molecule has 1 aromatic carbocycles. The first kappa shape index (κ1) is 16.9. The van der Waals surface area contributed by atoms with Crippen molar-refractivity contribution in [1.29, 1.82) is 0 Å². The van der Waals surface area contributed by atoms with E-state index in [1.807, 2.05) is 61.3 Å². The van der Waals surface area contributed by atoms with E-state index in [1.165, 1.54) is 0 Å². The Morgan fingerprint density at radius 3 is 2.72 bits per heavy atom. The Morgan fingerprint density at radius 1 is 1.20 bits per heavy atom. The van der Waals surface area contributed by atoms with E-state index in [-0.39, 0.29) is 0 Å². The van der Waals surface area contributed by atoms with Gasteiger partial charge in [-0.15, -0.1) is 0 Å². The molecule has 0 atom stereocenters. The van der Waals surface area contributed by atoms with Gasteiger partial charge in [-0.25, -0.2) is 9.97 Å². The smallest absolute Gasteiger partial charge is 0.167 e. The number of aryl methyl sites for hydroxylation is 1. The Morgan fingerprint density at radius 2 is 2.00 bits per heavy atom. The molecule has 130 valence electrons. The molecule has 4 aromatic rings. The summed E-state index contributed by atoms with van der Waals surface area (Å²) in [6, 6.07) is 10.1. The lowest BCUT2D eigenvalue weighted by Gasteiger charge is -2.03. The lowest BCUT2D eigenvalue weighted by atomic mass is 10.1. The Labute approximate surface area is 146 Å². The van der Waals surface area contributed by atoms with Crippen molar-refractivity contribution >= 4 is 22.6 Å². The molecule has 0 amide bonds. The molecule has 3 heterocycles. The second-order valence-corrected chi connectivity index (χ2v) is 5.44. The van der Waals surface area contributed by atoms with Gasteiger partial charge in [-0.2, -0.15) is 9.61 Å². The number of rotatable bonds is 3. The third-order valence-corrected chi connectivity index (χ3v) is 3.94. The van der Waals surface area contributed by atoms with Gasteiger partial charge in [0.05, 0.1) is 12.0 Å². The van der Waals surface area contributed by atoms with E-state index in [9.17, 15) is 0 Å². The zero-order valence-electron chi connectivity index (χ0n) is 15.0. The number of hydrogen-bond donors (Lipinski definition) is 2. The summed E-state index contributed by atoms with van der Waals surface area (Å²) in [5.41, 5.74) is 11.2. The van der Waals surface area contributed by atoms with Gasteiger partial charge in [-0.3, -0.25) is 0 Å². The van der Waals surface area contributed by atoms with E-state index in [4.69, 9.17) is 10.8 Å². The van der Waals surface area contributed by atoms with Crippen LogP contribution in [0.3, 0.4) is 0 Å². The summed E-state index contributed by atoms with van der Waals surface area (Å²) >= 11 is 0. The highest BCUT2D eigenvalue weighted by atomic mass is 15.3. The van der Waals surface area contributed by atoms with Crippen LogP contribution in [-0.2, 0) is 13.6 Å². The van der Waals surface area contributed by atoms with Crippen LogP contribution in [0.4, 0.5) is 5.82 Å². The molecule has 7 nitrogen and oxygen atoms in total. The van der Waals surface area contributed by atoms with Gasteiger partial charge in [0.1, 0.15) is 0 Å². The molecule has 3 aromatic heterocycles. The maximum Gasteiger partial charge on any atom is 0.167 e. The molecule has 0 fully saturated rings. The third-order valence-electron chi connectivity index (χ3n) is 3.94. The van der Waals surface area contributed by atoms with E-state index in [0.29, 0.717) is 6.54 Å². The number of fused-ring (bicyclic) bond motifs is 3. The van der Waals surface area contributed by atoms with Crippen LogP contribution >= 0.6 is 0 Å². The molecule has 0 spiro atoms. The predicted molar refractivity (Wildman–Crippen MR) is 101 cm³/mol. The Hall–Kier alpha value is -2.93. The van der Waals surface area contributed by atoms with Gasteiger partial charge in [-0.05, 0) is 11.6 Å². The molecule has 0 saturated carbocycles. The van der Waals surface area contributed by atoms with E-state index < -0.39 is 0 Å². The largest absolute Gasteiger partial charge is 0.371 e. The lowest BCUT2D eigenvalue weighted by Crippen LogP contribution is -2.02. The maximum atomic E-state index is 5.73. The van der Waals surface area contributed by atoms with Crippen LogP contribution in [0.15, 0.2) is 36.7 Å². The Balaban J connectivity index is 0.000000880. The number of nitrogens with one attached hydrogen (secondary N) is 1. The highest BCUT2D eigenvalue weighted by Gasteiger charge is 2.15. The molecule has 0 bridgehead atoms. The first-order chi connectivity index (χ1) is 12.2. The van der Waals surface area contributed by atoms with Gasteiger partial charge in [0.15, 0.2) is 22.6 Å². The standard InChI is InChI=1S/C16H17N7.C2H6/c1-18-15-14-16(22(2)9-19-14)23-13(20-15)7-12(21-23)11-5-3-4-10(6-11)8-17;1-2/h3-7,9H,8,17H2,1-2H3,(H,18,20);1-2H3. The molecule has 0 aliphatic carbocycles. The topological polar surface area (TPSA) is 86.1 Å². The maximum absolute atomic E-state index is 5.73. The molecule has 0 unspecified atom stereocenters. The van der Waals surface area contributed by atoms with Crippen LogP contribution in [-0.4, -0.2) is 31.2 Å². The van der Waals surface area contributed by atoms with Crippen LogP contribution < -0.4 is 11.1 Å². The van der Waals surface area contributed by atoms with E-state index in [0.717, 1.165) is 39.4 Å². The number of imidazole rings is 1. The summed E-state index contributed by atoms with van der Waals surface area (Å²) < 4.78 is 3.77. The molecular formula is C18H23N7.